The van der Waals surface area contributed by atoms with Gasteiger partial charge in [-0.05, 0) is 36.2 Å². The molecule has 0 aliphatic heterocycles. The van der Waals surface area contributed by atoms with E-state index in [-0.39, 0.29) is 25.4 Å². The first-order valence-electron chi connectivity index (χ1n) is 8.17. The van der Waals surface area contributed by atoms with E-state index in [1.165, 1.54) is 0 Å². The number of carbonyl (C=O) groups excluding carboxylic acids is 2. The lowest BCUT2D eigenvalue weighted by molar-refractivity contribution is -0.143. The second-order valence-electron chi connectivity index (χ2n) is 5.41. The van der Waals surface area contributed by atoms with Crippen molar-refractivity contribution in [2.24, 2.45) is 0 Å². The second-order valence-corrected chi connectivity index (χ2v) is 5.41. The standard InChI is InChI=1S/C20H22O5/c1-3-15-4-6-16(7-5-15)19(21)14-25-20(22)12-13-24-18-10-8-17(23-2)9-11-18/h4-11H,3,12-14H2,1-2H3. The lowest BCUT2D eigenvalue weighted by Gasteiger charge is -2.07. The first-order valence-corrected chi connectivity index (χ1v) is 8.17. The highest BCUT2D eigenvalue weighted by Crippen LogP contribution is 2.17. The Kier molecular flexibility index (Phi) is 7.01. The minimum absolute atomic E-state index is 0.0775. The molecular formula is C20H22O5. The minimum atomic E-state index is -0.466. The maximum absolute atomic E-state index is 12.0. The van der Waals surface area contributed by atoms with Crippen LogP contribution in [-0.2, 0) is 16.0 Å². The zero-order valence-corrected chi connectivity index (χ0v) is 14.5. The molecule has 0 fully saturated rings. The Morgan fingerprint density at radius 2 is 1.56 bits per heavy atom. The summed E-state index contributed by atoms with van der Waals surface area (Å²) < 4.78 is 15.5. The smallest absolute Gasteiger partial charge is 0.309 e. The number of Topliss-reactive ketones (excluding diaryl/α,β-unsaturated/α-hetero) is 1. The highest BCUT2D eigenvalue weighted by molar-refractivity contribution is 5.97. The van der Waals surface area contributed by atoms with Crippen LogP contribution in [0.3, 0.4) is 0 Å². The predicted octanol–water partition coefficient (Wildman–Crippen LogP) is 3.45. The molecule has 0 aliphatic carbocycles. The van der Waals surface area contributed by atoms with Crippen molar-refractivity contribution >= 4 is 11.8 Å². The maximum atomic E-state index is 12.0. The molecule has 0 heterocycles. The summed E-state index contributed by atoms with van der Waals surface area (Å²) in [4.78, 5) is 23.7. The highest BCUT2D eigenvalue weighted by Gasteiger charge is 2.10. The van der Waals surface area contributed by atoms with Gasteiger partial charge in [-0.3, -0.25) is 9.59 Å². The van der Waals surface area contributed by atoms with Gasteiger partial charge in [0.05, 0.1) is 20.1 Å². The maximum Gasteiger partial charge on any atom is 0.309 e. The van der Waals surface area contributed by atoms with Crippen LogP contribution in [0.25, 0.3) is 0 Å². The summed E-state index contributed by atoms with van der Waals surface area (Å²) in [5, 5.41) is 0. The summed E-state index contributed by atoms with van der Waals surface area (Å²) in [5.41, 5.74) is 1.70. The van der Waals surface area contributed by atoms with Crippen molar-refractivity contribution in [3.8, 4) is 11.5 Å². The quantitative estimate of drug-likeness (QED) is 0.516. The fraction of sp³-hybridized carbons (Fsp3) is 0.300. The van der Waals surface area contributed by atoms with Gasteiger partial charge in [0.2, 0.25) is 0 Å². The molecule has 0 saturated carbocycles. The fourth-order valence-electron chi connectivity index (χ4n) is 2.15. The van der Waals surface area contributed by atoms with Crippen molar-refractivity contribution in [2.45, 2.75) is 19.8 Å². The molecule has 0 N–H and O–H groups in total. The second kappa shape index (κ2) is 9.47. The van der Waals surface area contributed by atoms with Crippen LogP contribution in [-0.4, -0.2) is 32.1 Å². The predicted molar refractivity (Wildman–Crippen MR) is 94.2 cm³/mol. The average Bonchev–Trinajstić information content (AvgIpc) is 2.66. The summed E-state index contributed by atoms with van der Waals surface area (Å²) in [7, 11) is 1.59. The molecule has 0 saturated heterocycles. The summed E-state index contributed by atoms with van der Waals surface area (Å²) in [6.07, 6.45) is 0.992. The van der Waals surface area contributed by atoms with E-state index in [4.69, 9.17) is 14.2 Å². The van der Waals surface area contributed by atoms with Gasteiger partial charge >= 0.3 is 5.97 Å². The average molecular weight is 342 g/mol. The van der Waals surface area contributed by atoms with Crippen molar-refractivity contribution in [3.05, 3.63) is 59.7 Å². The SMILES string of the molecule is CCc1ccc(C(=O)COC(=O)CCOc2ccc(OC)cc2)cc1. The number of methoxy groups -OCH3 is 1. The molecule has 0 atom stereocenters. The molecule has 2 aromatic rings. The van der Waals surface area contributed by atoms with Crippen LogP contribution in [0.1, 0.15) is 29.3 Å². The number of hydrogen-bond acceptors (Lipinski definition) is 5. The lowest BCUT2D eigenvalue weighted by Crippen LogP contribution is -2.16. The molecule has 0 bridgehead atoms. The number of carbonyl (C=O) groups is 2. The van der Waals surface area contributed by atoms with Crippen LogP contribution >= 0.6 is 0 Å². The van der Waals surface area contributed by atoms with Crippen molar-refractivity contribution in [2.75, 3.05) is 20.3 Å². The van der Waals surface area contributed by atoms with E-state index in [1.807, 2.05) is 19.1 Å². The van der Waals surface area contributed by atoms with Gasteiger partial charge in [-0.15, -0.1) is 0 Å². The molecule has 132 valence electrons. The number of rotatable bonds is 9. The Labute approximate surface area is 147 Å². The van der Waals surface area contributed by atoms with E-state index in [2.05, 4.69) is 0 Å². The Morgan fingerprint density at radius 1 is 0.920 bits per heavy atom. The molecule has 0 radical (unpaired) electrons. The summed E-state index contributed by atoms with van der Waals surface area (Å²) in [5.74, 6) is 0.692. The Bertz CT molecular complexity index is 689. The summed E-state index contributed by atoms with van der Waals surface area (Å²) >= 11 is 0. The zero-order valence-electron chi connectivity index (χ0n) is 14.5. The molecule has 5 heteroatoms. The van der Waals surface area contributed by atoms with Crippen molar-refractivity contribution in [1.29, 1.82) is 0 Å². The van der Waals surface area contributed by atoms with Gasteiger partial charge in [-0.2, -0.15) is 0 Å². The summed E-state index contributed by atoms with van der Waals surface area (Å²) in [6.45, 7) is 1.98. The van der Waals surface area contributed by atoms with Crippen LogP contribution in [0.5, 0.6) is 11.5 Å². The summed E-state index contributed by atoms with van der Waals surface area (Å²) in [6, 6.07) is 14.4. The van der Waals surface area contributed by atoms with Crippen molar-refractivity contribution in [1.82, 2.24) is 0 Å². The first-order chi connectivity index (χ1) is 12.1. The molecule has 2 aromatic carbocycles. The molecule has 0 unspecified atom stereocenters. The molecular weight excluding hydrogens is 320 g/mol. The number of hydrogen-bond donors (Lipinski definition) is 0. The molecule has 5 nitrogen and oxygen atoms in total. The number of ether oxygens (including phenoxy) is 3. The van der Waals surface area contributed by atoms with Crippen LogP contribution in [0, 0.1) is 0 Å². The van der Waals surface area contributed by atoms with Gasteiger partial charge in [0.1, 0.15) is 11.5 Å². The van der Waals surface area contributed by atoms with Gasteiger partial charge in [0, 0.05) is 5.56 Å². The van der Waals surface area contributed by atoms with Gasteiger partial charge in [0.15, 0.2) is 12.4 Å². The monoisotopic (exact) mass is 342 g/mol. The van der Waals surface area contributed by atoms with E-state index < -0.39 is 5.97 Å². The molecule has 0 amide bonds. The zero-order chi connectivity index (χ0) is 18.1. The van der Waals surface area contributed by atoms with Gasteiger partial charge in [0.25, 0.3) is 0 Å². The van der Waals surface area contributed by atoms with Gasteiger partial charge < -0.3 is 14.2 Å². The van der Waals surface area contributed by atoms with Crippen molar-refractivity contribution < 1.29 is 23.8 Å². The molecule has 2 rings (SSSR count). The Morgan fingerprint density at radius 3 is 2.16 bits per heavy atom. The third-order valence-electron chi connectivity index (χ3n) is 3.68. The van der Waals surface area contributed by atoms with Crippen molar-refractivity contribution in [3.63, 3.8) is 0 Å². The lowest BCUT2D eigenvalue weighted by atomic mass is 10.1. The molecule has 0 aliphatic rings. The van der Waals surface area contributed by atoms with Gasteiger partial charge in [-0.1, -0.05) is 31.2 Å². The van der Waals surface area contributed by atoms with E-state index in [0.29, 0.717) is 11.3 Å². The normalized spacial score (nSPS) is 10.2. The van der Waals surface area contributed by atoms with E-state index >= 15 is 0 Å². The largest absolute Gasteiger partial charge is 0.497 e. The highest BCUT2D eigenvalue weighted by atomic mass is 16.5. The van der Waals surface area contributed by atoms with E-state index in [1.54, 1.807) is 43.5 Å². The first kappa shape index (κ1) is 18.5. The third-order valence-corrected chi connectivity index (χ3v) is 3.68. The molecule has 0 aromatic heterocycles. The Hall–Kier alpha value is -2.82. The fourth-order valence-corrected chi connectivity index (χ4v) is 2.15. The van der Waals surface area contributed by atoms with Gasteiger partial charge in [-0.25, -0.2) is 0 Å². The van der Waals surface area contributed by atoms with Crippen LogP contribution in [0.15, 0.2) is 48.5 Å². The Balaban J connectivity index is 1.69. The minimum Gasteiger partial charge on any atom is -0.497 e. The van der Waals surface area contributed by atoms with Crippen LogP contribution in [0.4, 0.5) is 0 Å². The number of aryl methyl sites for hydroxylation is 1. The van der Waals surface area contributed by atoms with Crippen LogP contribution in [0.2, 0.25) is 0 Å². The molecule has 0 spiro atoms. The third kappa shape index (κ3) is 5.95. The van der Waals surface area contributed by atoms with E-state index in [0.717, 1.165) is 17.7 Å². The molecule has 25 heavy (non-hydrogen) atoms. The van der Waals surface area contributed by atoms with E-state index in [9.17, 15) is 9.59 Å². The number of ketones is 1. The number of esters is 1. The van der Waals surface area contributed by atoms with Crippen LogP contribution < -0.4 is 9.47 Å². The topological polar surface area (TPSA) is 61.8 Å². The number of benzene rings is 2.